The number of pyridine rings is 2. The van der Waals surface area contributed by atoms with Crippen molar-refractivity contribution in [2.24, 2.45) is 0 Å². The highest BCUT2D eigenvalue weighted by molar-refractivity contribution is 5.75. The number of aromatic nitrogens is 2. The van der Waals surface area contributed by atoms with Gasteiger partial charge in [0.05, 0.1) is 0 Å². The van der Waals surface area contributed by atoms with Gasteiger partial charge in [-0.15, -0.1) is 0 Å². The zero-order valence-electron chi connectivity index (χ0n) is 29.8. The van der Waals surface area contributed by atoms with Gasteiger partial charge in [-0.05, 0) is 77.2 Å². The fourth-order valence-electron chi connectivity index (χ4n) is 8.37. The molecule has 1 saturated carbocycles. The second kappa shape index (κ2) is 14.7. The lowest BCUT2D eigenvalue weighted by molar-refractivity contribution is -0.793. The first-order valence-corrected chi connectivity index (χ1v) is 18.8. The van der Waals surface area contributed by atoms with E-state index in [9.17, 15) is 0 Å². The smallest absolute Gasteiger partial charge is 0.182 e. The molecule has 0 aliphatic heterocycles. The van der Waals surface area contributed by atoms with Crippen molar-refractivity contribution >= 4 is 0 Å². The van der Waals surface area contributed by atoms with Gasteiger partial charge in [0.2, 0.25) is 34.9 Å². The lowest BCUT2D eigenvalue weighted by Gasteiger charge is -2.22. The molecule has 1 aliphatic rings. The Hall–Kier alpha value is -6.38. The van der Waals surface area contributed by atoms with E-state index in [-0.39, 0.29) is 12.1 Å². The van der Waals surface area contributed by atoms with Crippen LogP contribution in [-0.2, 0) is 0 Å². The fraction of sp³-hybridized carbons (Fsp3) is 0.0980. The minimum Gasteiger partial charge on any atom is -0.182 e. The monoisotopic (exact) mass is 682 g/mol. The lowest BCUT2D eigenvalue weighted by atomic mass is 9.95. The zero-order valence-corrected chi connectivity index (χ0v) is 29.8. The third kappa shape index (κ3) is 6.49. The molecule has 2 atom stereocenters. The van der Waals surface area contributed by atoms with E-state index in [1.54, 1.807) is 0 Å². The summed E-state index contributed by atoms with van der Waals surface area (Å²) in [6, 6.07) is 75.7. The molecule has 6 aromatic carbocycles. The summed E-state index contributed by atoms with van der Waals surface area (Å²) >= 11 is 0. The van der Waals surface area contributed by atoms with E-state index in [0.29, 0.717) is 0 Å². The second-order valence-corrected chi connectivity index (χ2v) is 14.0. The number of benzene rings is 6. The molecule has 0 radical (unpaired) electrons. The summed E-state index contributed by atoms with van der Waals surface area (Å²) in [5.74, 6) is 0. The van der Waals surface area contributed by atoms with E-state index in [4.69, 9.17) is 0 Å². The van der Waals surface area contributed by atoms with Crippen molar-refractivity contribution < 1.29 is 9.13 Å². The van der Waals surface area contributed by atoms with Crippen LogP contribution < -0.4 is 9.13 Å². The van der Waals surface area contributed by atoms with Gasteiger partial charge in [0.25, 0.3) is 0 Å². The molecule has 53 heavy (non-hydrogen) atoms. The van der Waals surface area contributed by atoms with Crippen molar-refractivity contribution in [3.8, 4) is 67.3 Å². The van der Waals surface area contributed by atoms with Crippen molar-refractivity contribution in [1.82, 2.24) is 0 Å². The molecule has 1 fully saturated rings. The molecule has 0 N–H and O–H groups in total. The van der Waals surface area contributed by atoms with Gasteiger partial charge in [-0.25, -0.2) is 0 Å². The Kier molecular flexibility index (Phi) is 9.02. The number of rotatable bonds is 8. The first-order valence-electron chi connectivity index (χ1n) is 18.8. The predicted octanol–water partition coefficient (Wildman–Crippen LogP) is 12.2. The highest BCUT2D eigenvalue weighted by Crippen LogP contribution is 2.41. The van der Waals surface area contributed by atoms with Crippen LogP contribution in [0.4, 0.5) is 0 Å². The average Bonchev–Trinajstić information content (AvgIpc) is 3.74. The molecule has 9 rings (SSSR count). The zero-order chi connectivity index (χ0) is 35.4. The Bertz CT molecular complexity index is 2150. The summed E-state index contributed by atoms with van der Waals surface area (Å²) in [7, 11) is 0. The maximum Gasteiger partial charge on any atom is 0.220 e. The molecule has 2 unspecified atom stereocenters. The first kappa shape index (κ1) is 32.5. The fourth-order valence-corrected chi connectivity index (χ4v) is 8.37. The largest absolute Gasteiger partial charge is 0.220 e. The third-order valence-corrected chi connectivity index (χ3v) is 10.8. The van der Waals surface area contributed by atoms with Crippen molar-refractivity contribution in [1.29, 1.82) is 0 Å². The molecular weight excluding hydrogens is 641 g/mol. The van der Waals surface area contributed by atoms with Crippen molar-refractivity contribution in [3.63, 3.8) is 0 Å². The van der Waals surface area contributed by atoms with Gasteiger partial charge in [-0.1, -0.05) is 133 Å². The van der Waals surface area contributed by atoms with Gasteiger partial charge in [-0.2, -0.15) is 9.13 Å². The topological polar surface area (TPSA) is 7.76 Å². The Labute approximate surface area is 313 Å². The minimum atomic E-state index is 0.197. The summed E-state index contributed by atoms with van der Waals surface area (Å²) in [6.45, 7) is 0. The molecule has 8 aromatic rings. The first-order chi connectivity index (χ1) is 26.3. The van der Waals surface area contributed by atoms with Crippen LogP contribution in [0.15, 0.2) is 206 Å². The van der Waals surface area contributed by atoms with Gasteiger partial charge in [-0.3, -0.25) is 0 Å². The van der Waals surface area contributed by atoms with Crippen molar-refractivity contribution in [2.75, 3.05) is 0 Å². The van der Waals surface area contributed by atoms with Crippen molar-refractivity contribution in [2.45, 2.75) is 31.3 Å². The van der Waals surface area contributed by atoms with Gasteiger partial charge in [0.1, 0.15) is 0 Å². The Morgan fingerprint density at radius 2 is 0.491 bits per heavy atom. The summed E-state index contributed by atoms with van der Waals surface area (Å²) < 4.78 is 5.38. The molecule has 1 aliphatic carbocycles. The van der Waals surface area contributed by atoms with Crippen LogP contribution in [0.2, 0.25) is 0 Å². The third-order valence-electron chi connectivity index (χ3n) is 10.8. The van der Waals surface area contributed by atoms with Crippen LogP contribution >= 0.6 is 0 Å². The Morgan fingerprint density at radius 3 is 0.736 bits per heavy atom. The van der Waals surface area contributed by atoms with E-state index in [1.807, 2.05) is 0 Å². The maximum absolute atomic E-state index is 2.69. The van der Waals surface area contributed by atoms with E-state index < -0.39 is 0 Å². The SMILES string of the molecule is c1ccc(-c2cc(-c3ccccc3)[n+](C3CCCC3[n+]3c(-c4ccccc4)cc(-c4ccccc4)cc3-c3ccccc3)c(-c3ccccc3)c2)cc1. The maximum atomic E-state index is 2.69. The number of hydrogen-bond donors (Lipinski definition) is 0. The molecule has 0 bridgehead atoms. The molecule has 0 saturated heterocycles. The highest BCUT2D eigenvalue weighted by Gasteiger charge is 2.47. The Morgan fingerprint density at radius 1 is 0.264 bits per heavy atom. The highest BCUT2D eigenvalue weighted by atomic mass is 15.1. The number of hydrogen-bond acceptors (Lipinski definition) is 0. The van der Waals surface area contributed by atoms with Gasteiger partial charge in [0, 0.05) is 59.4 Å². The van der Waals surface area contributed by atoms with E-state index in [1.165, 1.54) is 67.3 Å². The minimum absolute atomic E-state index is 0.197. The number of nitrogens with zero attached hydrogens (tertiary/aromatic N) is 2. The molecule has 254 valence electrons. The summed E-state index contributed by atoms with van der Waals surface area (Å²) in [5.41, 5.74) is 14.8. The lowest BCUT2D eigenvalue weighted by Crippen LogP contribution is -2.54. The summed E-state index contributed by atoms with van der Waals surface area (Å²) in [4.78, 5) is 0. The van der Waals surface area contributed by atoms with E-state index in [0.717, 1.165) is 19.3 Å². The average molecular weight is 683 g/mol. The molecule has 2 aromatic heterocycles. The van der Waals surface area contributed by atoms with Crippen LogP contribution in [-0.4, -0.2) is 0 Å². The standard InChI is InChI=1S/C51H42N2/c1-7-20-38(21-8-1)44-34-48(40-24-11-3-12-25-40)52(49(35-44)41-26-13-4-14-27-41)46-32-19-33-47(46)53-50(42-28-15-5-16-29-42)36-45(39-22-9-2-10-23-39)37-51(53)43-30-17-6-18-31-43/h1-18,20-31,34-37,46-47H,19,32-33H2/q+2. The predicted molar refractivity (Wildman–Crippen MR) is 218 cm³/mol. The van der Waals surface area contributed by atoms with Crippen LogP contribution in [0, 0.1) is 0 Å². The van der Waals surface area contributed by atoms with Crippen LogP contribution in [0.5, 0.6) is 0 Å². The van der Waals surface area contributed by atoms with Crippen molar-refractivity contribution in [3.05, 3.63) is 206 Å². The van der Waals surface area contributed by atoms with Gasteiger partial charge < -0.3 is 0 Å². The molecular formula is C51H42N2+2. The molecule has 2 heterocycles. The Balaban J connectivity index is 1.34. The summed E-state index contributed by atoms with van der Waals surface area (Å²) in [5, 5.41) is 0. The normalized spacial score (nSPS) is 15.3. The van der Waals surface area contributed by atoms with E-state index in [2.05, 4.69) is 215 Å². The molecule has 2 heteroatoms. The quantitative estimate of drug-likeness (QED) is 0.141. The van der Waals surface area contributed by atoms with Crippen LogP contribution in [0.1, 0.15) is 31.3 Å². The van der Waals surface area contributed by atoms with Crippen LogP contribution in [0.25, 0.3) is 67.3 Å². The van der Waals surface area contributed by atoms with E-state index >= 15 is 0 Å². The van der Waals surface area contributed by atoms with Crippen LogP contribution in [0.3, 0.4) is 0 Å². The molecule has 0 spiro atoms. The summed E-state index contributed by atoms with van der Waals surface area (Å²) in [6.07, 6.45) is 3.30. The van der Waals surface area contributed by atoms with Gasteiger partial charge in [0.15, 0.2) is 0 Å². The van der Waals surface area contributed by atoms with Gasteiger partial charge >= 0.3 is 0 Å². The molecule has 0 amide bonds. The second-order valence-electron chi connectivity index (χ2n) is 14.0. The molecule has 2 nitrogen and oxygen atoms in total.